The fourth-order valence-electron chi connectivity index (χ4n) is 2.62. The monoisotopic (exact) mass is 417 g/mol. The third-order valence-corrected chi connectivity index (χ3v) is 4.27. The quantitative estimate of drug-likeness (QED) is 0.521. The number of nitrogens with one attached hydrogen (secondary N) is 2. The van der Waals surface area contributed by atoms with Crippen LogP contribution in [0.1, 0.15) is 25.8 Å². The molecule has 0 aliphatic carbocycles. The van der Waals surface area contributed by atoms with Gasteiger partial charge in [-0.05, 0) is 37.1 Å². The van der Waals surface area contributed by atoms with Gasteiger partial charge < -0.3 is 15.4 Å². The van der Waals surface area contributed by atoms with Crippen molar-refractivity contribution in [2.24, 2.45) is 0 Å². The molecule has 158 valence electrons. The van der Waals surface area contributed by atoms with Gasteiger partial charge in [0.25, 0.3) is 0 Å². The zero-order chi connectivity index (χ0) is 21.6. The van der Waals surface area contributed by atoms with E-state index in [0.29, 0.717) is 29.6 Å². The first kappa shape index (κ1) is 21.4. The standard InChI is InChI=1S/C21H22F3N5O/c1-3-14(2)27-20-28-18(16-7-4-8-17(10-16)30-21(22,23)24)11-19(29-20)26-13-15-6-5-9-25-12-15/h4-12,14H,3,13H2,1-2H3,(H2,26,27,28,29)/t14-/m0/s1. The van der Waals surface area contributed by atoms with Crippen LogP contribution in [0.3, 0.4) is 0 Å². The molecular weight excluding hydrogens is 395 g/mol. The lowest BCUT2D eigenvalue weighted by molar-refractivity contribution is -0.274. The van der Waals surface area contributed by atoms with Crippen molar-refractivity contribution >= 4 is 11.8 Å². The van der Waals surface area contributed by atoms with E-state index in [1.807, 2.05) is 26.0 Å². The number of hydrogen-bond acceptors (Lipinski definition) is 6. The Hall–Kier alpha value is -3.36. The summed E-state index contributed by atoms with van der Waals surface area (Å²) in [5.41, 5.74) is 1.92. The fraction of sp³-hybridized carbons (Fsp3) is 0.286. The molecule has 0 radical (unpaired) electrons. The van der Waals surface area contributed by atoms with Gasteiger partial charge in [0.1, 0.15) is 11.6 Å². The van der Waals surface area contributed by atoms with Gasteiger partial charge in [-0.25, -0.2) is 4.98 Å². The number of halogens is 3. The van der Waals surface area contributed by atoms with E-state index in [1.54, 1.807) is 24.5 Å². The van der Waals surface area contributed by atoms with Gasteiger partial charge in [0.15, 0.2) is 0 Å². The van der Waals surface area contributed by atoms with E-state index in [4.69, 9.17) is 0 Å². The lowest BCUT2D eigenvalue weighted by Crippen LogP contribution is -2.17. The summed E-state index contributed by atoms with van der Waals surface area (Å²) in [4.78, 5) is 13.0. The van der Waals surface area contributed by atoms with Crippen LogP contribution in [0.5, 0.6) is 5.75 Å². The van der Waals surface area contributed by atoms with Gasteiger partial charge in [0, 0.05) is 36.6 Å². The molecule has 0 fully saturated rings. The molecule has 3 rings (SSSR count). The molecule has 0 aliphatic rings. The maximum absolute atomic E-state index is 12.6. The van der Waals surface area contributed by atoms with Gasteiger partial charge in [-0.3, -0.25) is 4.98 Å². The Morgan fingerprint density at radius 3 is 2.63 bits per heavy atom. The molecule has 9 heteroatoms. The average Bonchev–Trinajstić information content (AvgIpc) is 2.72. The van der Waals surface area contributed by atoms with Crippen LogP contribution in [0.4, 0.5) is 24.9 Å². The molecule has 1 aromatic carbocycles. The molecule has 1 atom stereocenters. The van der Waals surface area contributed by atoms with E-state index in [1.165, 1.54) is 18.2 Å². The molecule has 2 N–H and O–H groups in total. The molecule has 2 aromatic heterocycles. The van der Waals surface area contributed by atoms with Crippen molar-refractivity contribution < 1.29 is 17.9 Å². The minimum atomic E-state index is -4.76. The molecule has 0 aliphatic heterocycles. The lowest BCUT2D eigenvalue weighted by atomic mass is 10.1. The first-order valence-electron chi connectivity index (χ1n) is 9.47. The van der Waals surface area contributed by atoms with Crippen molar-refractivity contribution in [1.82, 2.24) is 15.0 Å². The van der Waals surface area contributed by atoms with E-state index in [9.17, 15) is 13.2 Å². The highest BCUT2D eigenvalue weighted by Gasteiger charge is 2.31. The molecule has 0 saturated carbocycles. The highest BCUT2D eigenvalue weighted by molar-refractivity contribution is 5.66. The van der Waals surface area contributed by atoms with Crippen LogP contribution in [0.2, 0.25) is 0 Å². The molecular formula is C21H22F3N5O. The van der Waals surface area contributed by atoms with Gasteiger partial charge in [0.05, 0.1) is 5.69 Å². The summed E-state index contributed by atoms with van der Waals surface area (Å²) in [6.07, 6.45) is -0.466. The van der Waals surface area contributed by atoms with Gasteiger partial charge in [-0.15, -0.1) is 13.2 Å². The number of benzene rings is 1. The first-order valence-corrected chi connectivity index (χ1v) is 9.47. The highest BCUT2D eigenvalue weighted by atomic mass is 19.4. The molecule has 2 heterocycles. The van der Waals surface area contributed by atoms with Crippen molar-refractivity contribution in [3.05, 3.63) is 60.4 Å². The molecule has 0 unspecified atom stereocenters. The maximum Gasteiger partial charge on any atom is 0.573 e. The van der Waals surface area contributed by atoms with Crippen molar-refractivity contribution in [3.8, 4) is 17.0 Å². The summed E-state index contributed by atoms with van der Waals surface area (Å²) < 4.78 is 41.8. The zero-order valence-corrected chi connectivity index (χ0v) is 16.6. The van der Waals surface area contributed by atoms with Crippen LogP contribution in [0.25, 0.3) is 11.3 Å². The van der Waals surface area contributed by atoms with E-state index < -0.39 is 6.36 Å². The van der Waals surface area contributed by atoms with Crippen LogP contribution in [-0.4, -0.2) is 27.4 Å². The molecule has 30 heavy (non-hydrogen) atoms. The number of pyridine rings is 1. The third-order valence-electron chi connectivity index (χ3n) is 4.27. The Labute approximate surface area is 172 Å². The van der Waals surface area contributed by atoms with Crippen molar-refractivity contribution in [2.75, 3.05) is 10.6 Å². The van der Waals surface area contributed by atoms with Gasteiger partial charge in [0.2, 0.25) is 5.95 Å². The second kappa shape index (κ2) is 9.43. The van der Waals surface area contributed by atoms with Gasteiger partial charge >= 0.3 is 6.36 Å². The topological polar surface area (TPSA) is 72.0 Å². The molecule has 0 spiro atoms. The minimum Gasteiger partial charge on any atom is -0.406 e. The number of aromatic nitrogens is 3. The van der Waals surface area contributed by atoms with Crippen molar-refractivity contribution in [1.29, 1.82) is 0 Å². The summed E-state index contributed by atoms with van der Waals surface area (Å²) in [5.74, 6) is 0.620. The predicted molar refractivity (Wildman–Crippen MR) is 109 cm³/mol. The SMILES string of the molecule is CC[C@H](C)Nc1nc(NCc2cccnc2)cc(-c2cccc(OC(F)(F)F)c2)n1. The lowest BCUT2D eigenvalue weighted by Gasteiger charge is -2.15. The summed E-state index contributed by atoms with van der Waals surface area (Å²) in [7, 11) is 0. The van der Waals surface area contributed by atoms with Crippen LogP contribution < -0.4 is 15.4 Å². The molecule has 0 saturated heterocycles. The van der Waals surface area contributed by atoms with E-state index in [0.717, 1.165) is 12.0 Å². The summed E-state index contributed by atoms with van der Waals surface area (Å²) in [6, 6.07) is 11.3. The van der Waals surface area contributed by atoms with Crippen molar-refractivity contribution in [2.45, 2.75) is 39.2 Å². The second-order valence-corrected chi connectivity index (χ2v) is 6.71. The summed E-state index contributed by atoms with van der Waals surface area (Å²) >= 11 is 0. The highest BCUT2D eigenvalue weighted by Crippen LogP contribution is 2.28. The van der Waals surface area contributed by atoms with E-state index in [-0.39, 0.29) is 11.8 Å². The number of alkyl halides is 3. The Morgan fingerprint density at radius 1 is 1.10 bits per heavy atom. The van der Waals surface area contributed by atoms with E-state index in [2.05, 4.69) is 30.3 Å². The maximum atomic E-state index is 12.6. The third kappa shape index (κ3) is 6.33. The largest absolute Gasteiger partial charge is 0.573 e. The number of ether oxygens (including phenoxy) is 1. The molecule has 6 nitrogen and oxygen atoms in total. The van der Waals surface area contributed by atoms with Crippen molar-refractivity contribution in [3.63, 3.8) is 0 Å². The number of hydrogen-bond donors (Lipinski definition) is 2. The summed E-state index contributed by atoms with van der Waals surface area (Å²) in [6.45, 7) is 4.52. The smallest absolute Gasteiger partial charge is 0.406 e. The summed E-state index contributed by atoms with van der Waals surface area (Å²) in [5, 5.41) is 6.42. The average molecular weight is 417 g/mol. The zero-order valence-electron chi connectivity index (χ0n) is 16.6. The number of nitrogens with zero attached hydrogens (tertiary/aromatic N) is 3. The fourth-order valence-corrected chi connectivity index (χ4v) is 2.62. The Kier molecular flexibility index (Phi) is 6.71. The van der Waals surface area contributed by atoms with E-state index >= 15 is 0 Å². The van der Waals surface area contributed by atoms with Crippen LogP contribution >= 0.6 is 0 Å². The van der Waals surface area contributed by atoms with Crippen LogP contribution in [0, 0.1) is 0 Å². The molecule has 0 amide bonds. The second-order valence-electron chi connectivity index (χ2n) is 6.71. The Balaban J connectivity index is 1.90. The molecule has 3 aromatic rings. The number of anilines is 2. The Bertz CT molecular complexity index is 966. The normalized spacial score (nSPS) is 12.3. The van der Waals surface area contributed by atoms with Crippen LogP contribution in [-0.2, 0) is 6.54 Å². The minimum absolute atomic E-state index is 0.131. The van der Waals surface area contributed by atoms with Gasteiger partial charge in [-0.2, -0.15) is 4.98 Å². The molecule has 0 bridgehead atoms. The first-order chi connectivity index (χ1) is 14.3. The number of rotatable bonds is 8. The Morgan fingerprint density at radius 2 is 1.93 bits per heavy atom. The van der Waals surface area contributed by atoms with Gasteiger partial charge in [-0.1, -0.05) is 25.1 Å². The van der Waals surface area contributed by atoms with Crippen LogP contribution in [0.15, 0.2) is 54.9 Å². The predicted octanol–water partition coefficient (Wildman–Crippen LogP) is 5.26.